The minimum Gasteiger partial charge on any atom is -0.328 e. The molecule has 1 aliphatic heterocycles. The van der Waals surface area contributed by atoms with Crippen LogP contribution in [0.25, 0.3) is 11.1 Å². The molecule has 0 aliphatic carbocycles. The molecule has 0 spiro atoms. The summed E-state index contributed by atoms with van der Waals surface area (Å²) >= 11 is 0. The molecule has 3 atom stereocenters. The maximum atomic E-state index is 11.7. The van der Waals surface area contributed by atoms with E-state index in [1.807, 2.05) is 36.4 Å². The van der Waals surface area contributed by atoms with Gasteiger partial charge in [-0.25, -0.2) is 0 Å². The third-order valence-electron chi connectivity index (χ3n) is 8.76. The first kappa shape index (κ1) is 30.6. The first-order valence-electron chi connectivity index (χ1n) is 14.9. The molecule has 4 aromatic rings. The zero-order valence-electron chi connectivity index (χ0n) is 26.8. The van der Waals surface area contributed by atoms with Crippen molar-refractivity contribution < 1.29 is 13.9 Å². The fourth-order valence-electron chi connectivity index (χ4n) is 6.32. The minimum atomic E-state index is -2.26. The van der Waals surface area contributed by atoms with Crippen molar-refractivity contribution in [3.63, 3.8) is 0 Å². The van der Waals surface area contributed by atoms with Gasteiger partial charge >= 0.3 is 8.60 Å². The quantitative estimate of drug-likeness (QED) is 0.240. The van der Waals surface area contributed by atoms with Crippen LogP contribution in [0.1, 0.15) is 109 Å². The topological polar surface area (TPSA) is 38.7 Å². The highest BCUT2D eigenvalue weighted by atomic mass is 31.2. The molecule has 1 N–H and O–H groups in total. The van der Waals surface area contributed by atoms with Crippen molar-refractivity contribution in [2.75, 3.05) is 0 Å². The van der Waals surface area contributed by atoms with E-state index in [4.69, 9.17) is 9.05 Å². The third kappa shape index (κ3) is 5.61. The Labute approximate surface area is 253 Å². The Hall–Kier alpha value is -2.81. The fraction of sp³-hybridized carbons (Fsp3) is 0.368. The average Bonchev–Trinajstić information content (AvgIpc) is 2.98. The maximum Gasteiger partial charge on any atom is 0.331 e. The van der Waals surface area contributed by atoms with E-state index in [0.717, 1.165) is 22.3 Å². The summed E-state index contributed by atoms with van der Waals surface area (Å²) in [6.45, 7) is 22.5. The number of rotatable bonds is 2. The molecule has 42 heavy (non-hydrogen) atoms. The molecule has 1 heterocycles. The highest BCUT2D eigenvalue weighted by molar-refractivity contribution is 7.40. The molecule has 0 fully saturated rings. The Kier molecular flexibility index (Phi) is 8.29. The predicted molar refractivity (Wildman–Crippen MR) is 176 cm³/mol. The van der Waals surface area contributed by atoms with Crippen LogP contribution in [0.3, 0.4) is 0 Å². The van der Waals surface area contributed by atoms with Crippen LogP contribution in [0.2, 0.25) is 0 Å². The molecular formula is C38H45O3P. The Morgan fingerprint density at radius 3 is 1.21 bits per heavy atom. The van der Waals surface area contributed by atoms with E-state index < -0.39 is 20.8 Å². The van der Waals surface area contributed by atoms with E-state index in [1.54, 1.807) is 0 Å². The summed E-state index contributed by atoms with van der Waals surface area (Å²) in [5.41, 5.74) is 13.7. The molecule has 3 nitrogen and oxygen atoms in total. The number of fused-ring (bicyclic) bond motifs is 3. The van der Waals surface area contributed by atoms with Crippen LogP contribution in [-0.4, -0.2) is 4.89 Å². The second-order valence-corrected chi connectivity index (χ2v) is 14.7. The van der Waals surface area contributed by atoms with Crippen molar-refractivity contribution in [3.05, 3.63) is 128 Å². The van der Waals surface area contributed by atoms with E-state index >= 15 is 0 Å². The standard InChI is InChI=1S/C38H45O3P/c1-23-21-29(37(5,6)7)33-31(25(23)3)32-26(4)24(2)22-30(38(8,9)10)34(32)36(28-19-15-12-16-20-28)41-42(39)40-35(33)27-17-13-11-14-18-27/h11-22,35-36,39H,1-10H3/t35-,36?,42?/m1/s1. The summed E-state index contributed by atoms with van der Waals surface area (Å²) in [6.07, 6.45) is -1.02. The molecule has 0 saturated heterocycles. The smallest absolute Gasteiger partial charge is 0.328 e. The average molecular weight is 581 g/mol. The molecule has 220 valence electrons. The van der Waals surface area contributed by atoms with E-state index in [0.29, 0.717) is 0 Å². The van der Waals surface area contributed by atoms with Crippen LogP contribution in [0.4, 0.5) is 0 Å². The maximum absolute atomic E-state index is 11.7. The largest absolute Gasteiger partial charge is 0.331 e. The highest BCUT2D eigenvalue weighted by Gasteiger charge is 2.39. The second-order valence-electron chi connectivity index (χ2n) is 13.8. The van der Waals surface area contributed by atoms with Crippen LogP contribution < -0.4 is 0 Å². The molecule has 0 saturated carbocycles. The van der Waals surface area contributed by atoms with Crippen molar-refractivity contribution in [3.8, 4) is 11.1 Å². The minimum absolute atomic E-state index is 0.171. The summed E-state index contributed by atoms with van der Waals surface area (Å²) in [4.78, 5) is 11.7. The van der Waals surface area contributed by atoms with Crippen molar-refractivity contribution in [1.29, 1.82) is 0 Å². The summed E-state index contributed by atoms with van der Waals surface area (Å²) in [5.74, 6) is 0. The Balaban J connectivity index is 2.06. The highest BCUT2D eigenvalue weighted by Crippen LogP contribution is 2.57. The van der Waals surface area contributed by atoms with E-state index in [9.17, 15) is 4.89 Å². The molecule has 4 heteroatoms. The first-order valence-corrected chi connectivity index (χ1v) is 16.0. The summed E-state index contributed by atoms with van der Waals surface area (Å²) in [6, 6.07) is 25.2. The van der Waals surface area contributed by atoms with Crippen molar-refractivity contribution in [1.82, 2.24) is 0 Å². The van der Waals surface area contributed by atoms with Gasteiger partial charge in [0.2, 0.25) is 0 Å². The van der Waals surface area contributed by atoms with Gasteiger partial charge in [0.15, 0.2) is 0 Å². The van der Waals surface area contributed by atoms with E-state index in [2.05, 4.69) is 106 Å². The second kappa shape index (κ2) is 11.4. The van der Waals surface area contributed by atoms with Crippen LogP contribution in [0, 0.1) is 27.7 Å². The van der Waals surface area contributed by atoms with Crippen LogP contribution in [0.15, 0.2) is 72.8 Å². The Morgan fingerprint density at radius 2 is 0.905 bits per heavy atom. The van der Waals surface area contributed by atoms with Gasteiger partial charge in [0.05, 0.1) is 0 Å². The molecule has 0 bridgehead atoms. The van der Waals surface area contributed by atoms with Crippen molar-refractivity contribution in [2.24, 2.45) is 0 Å². The number of benzene rings is 4. The summed E-state index contributed by atoms with van der Waals surface area (Å²) < 4.78 is 13.4. The van der Waals surface area contributed by atoms with E-state index in [-0.39, 0.29) is 10.8 Å². The molecule has 2 unspecified atom stereocenters. The number of aryl methyl sites for hydroxylation is 2. The third-order valence-corrected chi connectivity index (χ3v) is 9.54. The molecule has 0 amide bonds. The lowest BCUT2D eigenvalue weighted by atomic mass is 9.71. The van der Waals surface area contributed by atoms with Gasteiger partial charge in [0, 0.05) is 0 Å². The fourth-order valence-corrected chi connectivity index (χ4v) is 7.19. The zero-order valence-corrected chi connectivity index (χ0v) is 27.7. The van der Waals surface area contributed by atoms with Crippen LogP contribution >= 0.6 is 8.60 Å². The zero-order chi connectivity index (χ0) is 30.6. The molecule has 0 radical (unpaired) electrons. The lowest BCUT2D eigenvalue weighted by molar-refractivity contribution is 0.141. The number of hydrogen-bond acceptors (Lipinski definition) is 3. The summed E-state index contributed by atoms with van der Waals surface area (Å²) in [5, 5.41) is 0. The van der Waals surface area contributed by atoms with Gasteiger partial charge in [-0.05, 0) is 105 Å². The van der Waals surface area contributed by atoms with Gasteiger partial charge in [-0.15, -0.1) is 0 Å². The van der Waals surface area contributed by atoms with Crippen molar-refractivity contribution in [2.45, 2.75) is 92.3 Å². The normalized spacial score (nSPS) is 19.4. The SMILES string of the molecule is Cc1cc(C(C)(C)C)c2c(c1C)-c1c(C)c(C)cc(C(C)(C)C)c1[C@@H](c1ccccc1)OP(O)OC2c1ccccc1. The molecule has 0 aromatic heterocycles. The van der Waals surface area contributed by atoms with Crippen LogP contribution in [-0.2, 0) is 19.9 Å². The molecule has 5 rings (SSSR count). The van der Waals surface area contributed by atoms with Crippen molar-refractivity contribution >= 4 is 8.60 Å². The van der Waals surface area contributed by atoms with Gasteiger partial charge < -0.3 is 4.89 Å². The van der Waals surface area contributed by atoms with Gasteiger partial charge in [-0.2, -0.15) is 0 Å². The monoisotopic (exact) mass is 580 g/mol. The van der Waals surface area contributed by atoms with Gasteiger partial charge in [-0.3, -0.25) is 9.05 Å². The van der Waals surface area contributed by atoms with Gasteiger partial charge in [0.1, 0.15) is 12.2 Å². The summed E-state index contributed by atoms with van der Waals surface area (Å²) in [7, 11) is -2.26. The molecular weight excluding hydrogens is 535 g/mol. The molecule has 1 aliphatic rings. The number of hydrogen-bond donors (Lipinski definition) is 1. The lowest BCUT2D eigenvalue weighted by Gasteiger charge is -2.34. The molecule has 4 aromatic carbocycles. The first-order chi connectivity index (χ1) is 19.7. The van der Waals surface area contributed by atoms with Gasteiger partial charge in [0.25, 0.3) is 0 Å². The van der Waals surface area contributed by atoms with E-state index in [1.165, 1.54) is 44.5 Å². The van der Waals surface area contributed by atoms with Gasteiger partial charge in [-0.1, -0.05) is 114 Å². The Morgan fingerprint density at radius 1 is 0.571 bits per heavy atom. The predicted octanol–water partition coefficient (Wildman–Crippen LogP) is 10.6. The Bertz CT molecular complexity index is 1470. The van der Waals surface area contributed by atoms with Crippen LogP contribution in [0.5, 0.6) is 0 Å². The lowest BCUT2D eigenvalue weighted by Crippen LogP contribution is -2.21.